The minimum Gasteiger partial charge on any atom is -0.481 e. The van der Waals surface area contributed by atoms with Gasteiger partial charge in [0.2, 0.25) is 11.8 Å². The Hall–Kier alpha value is -2.37. The van der Waals surface area contributed by atoms with Crippen LogP contribution in [0, 0.1) is 0 Å². The summed E-state index contributed by atoms with van der Waals surface area (Å²) in [5, 5.41) is 14.4. The number of nitrogens with one attached hydrogen (secondary N) is 2. The largest absolute Gasteiger partial charge is 0.481 e. The van der Waals surface area contributed by atoms with Gasteiger partial charge in [0.25, 0.3) is 0 Å². The number of carboxylic acids is 1. The summed E-state index contributed by atoms with van der Waals surface area (Å²) in [5.74, 6) is -1.40. The number of anilines is 1. The first-order chi connectivity index (χ1) is 9.85. The molecule has 1 unspecified atom stereocenters. The van der Waals surface area contributed by atoms with Crippen LogP contribution in [0.1, 0.15) is 32.3 Å². The average Bonchev–Trinajstić information content (AvgIpc) is 3.20. The van der Waals surface area contributed by atoms with Crippen LogP contribution in [0.4, 0.5) is 5.69 Å². The molecule has 0 saturated heterocycles. The van der Waals surface area contributed by atoms with E-state index in [2.05, 4.69) is 10.6 Å². The van der Waals surface area contributed by atoms with Crippen molar-refractivity contribution in [2.45, 2.75) is 38.1 Å². The van der Waals surface area contributed by atoms with E-state index in [-0.39, 0.29) is 11.8 Å². The van der Waals surface area contributed by atoms with Gasteiger partial charge < -0.3 is 15.7 Å². The summed E-state index contributed by atoms with van der Waals surface area (Å²) in [6, 6.07) is 6.17. The highest BCUT2D eigenvalue weighted by Crippen LogP contribution is 2.48. The molecule has 1 aliphatic rings. The molecule has 2 rings (SSSR count). The molecule has 1 aromatic carbocycles. The zero-order chi connectivity index (χ0) is 15.6. The number of carboxylic acid groups (broad SMARTS) is 1. The smallest absolute Gasteiger partial charge is 0.314 e. The van der Waals surface area contributed by atoms with E-state index in [9.17, 15) is 19.5 Å². The Bertz CT molecular complexity index is 576. The number of carbonyl (C=O) groups excluding carboxylic acids is 2. The molecule has 2 amide bonds. The molecule has 112 valence electrons. The van der Waals surface area contributed by atoms with Crippen molar-refractivity contribution in [3.8, 4) is 0 Å². The van der Waals surface area contributed by atoms with Crippen LogP contribution in [0.5, 0.6) is 0 Å². The third-order valence-electron chi connectivity index (χ3n) is 3.68. The van der Waals surface area contributed by atoms with Gasteiger partial charge in [0.05, 0.1) is 5.41 Å². The molecule has 0 heterocycles. The second kappa shape index (κ2) is 5.55. The Morgan fingerprint density at radius 3 is 2.19 bits per heavy atom. The summed E-state index contributed by atoms with van der Waals surface area (Å²) in [6.45, 7) is 2.94. The van der Waals surface area contributed by atoms with Crippen LogP contribution in [-0.4, -0.2) is 28.9 Å². The Morgan fingerprint density at radius 1 is 1.19 bits per heavy atom. The topological polar surface area (TPSA) is 95.5 Å². The van der Waals surface area contributed by atoms with Crippen LogP contribution in [0.3, 0.4) is 0 Å². The van der Waals surface area contributed by atoms with Crippen LogP contribution in [0.25, 0.3) is 0 Å². The highest BCUT2D eigenvalue weighted by Gasteiger charge is 2.51. The Labute approximate surface area is 122 Å². The van der Waals surface area contributed by atoms with Gasteiger partial charge in [-0.3, -0.25) is 14.4 Å². The summed E-state index contributed by atoms with van der Waals surface area (Å²) in [7, 11) is 0. The number of rotatable bonds is 5. The molecular formula is C15H18N2O4. The standard InChI is InChI=1S/C15H18N2O4/c1-9(16-10(2)18)13(19)17-12-5-3-11(4-6-12)15(7-8-15)14(20)21/h3-6,9H,7-8H2,1-2H3,(H,16,18)(H,17,19)(H,20,21). The molecule has 1 aliphatic carbocycles. The first kappa shape index (κ1) is 15.0. The SMILES string of the molecule is CC(=O)NC(C)C(=O)Nc1ccc(C2(C(=O)O)CC2)cc1. The van der Waals surface area contributed by atoms with Crippen LogP contribution in [0.2, 0.25) is 0 Å². The van der Waals surface area contributed by atoms with Crippen molar-refractivity contribution in [1.82, 2.24) is 5.32 Å². The van der Waals surface area contributed by atoms with Crippen LogP contribution >= 0.6 is 0 Å². The van der Waals surface area contributed by atoms with Crippen molar-refractivity contribution < 1.29 is 19.5 Å². The summed E-state index contributed by atoms with van der Waals surface area (Å²) >= 11 is 0. The molecule has 6 nitrogen and oxygen atoms in total. The Balaban J connectivity index is 2.02. The quantitative estimate of drug-likeness (QED) is 0.761. The van der Waals surface area contributed by atoms with Gasteiger partial charge in [-0.05, 0) is 37.5 Å². The summed E-state index contributed by atoms with van der Waals surface area (Å²) in [4.78, 5) is 33.9. The van der Waals surface area contributed by atoms with Gasteiger partial charge in [-0.15, -0.1) is 0 Å². The van der Waals surface area contributed by atoms with E-state index < -0.39 is 17.4 Å². The molecular weight excluding hydrogens is 272 g/mol. The van der Waals surface area contributed by atoms with Gasteiger partial charge in [-0.25, -0.2) is 0 Å². The highest BCUT2D eigenvalue weighted by molar-refractivity contribution is 5.96. The predicted octanol–water partition coefficient (Wildman–Crippen LogP) is 1.27. The van der Waals surface area contributed by atoms with E-state index in [1.807, 2.05) is 0 Å². The molecule has 0 aliphatic heterocycles. The zero-order valence-electron chi connectivity index (χ0n) is 12.0. The normalized spacial score (nSPS) is 16.7. The van der Waals surface area contributed by atoms with E-state index >= 15 is 0 Å². The van der Waals surface area contributed by atoms with Crippen molar-refractivity contribution in [2.75, 3.05) is 5.32 Å². The maximum Gasteiger partial charge on any atom is 0.314 e. The van der Waals surface area contributed by atoms with Gasteiger partial charge in [0.1, 0.15) is 6.04 Å². The van der Waals surface area contributed by atoms with Gasteiger partial charge >= 0.3 is 5.97 Å². The molecule has 1 aromatic rings. The molecule has 6 heteroatoms. The zero-order valence-corrected chi connectivity index (χ0v) is 12.0. The van der Waals surface area contributed by atoms with Crippen molar-refractivity contribution in [3.63, 3.8) is 0 Å². The molecule has 0 radical (unpaired) electrons. The van der Waals surface area contributed by atoms with E-state index in [0.717, 1.165) is 5.56 Å². The van der Waals surface area contributed by atoms with E-state index in [0.29, 0.717) is 18.5 Å². The fourth-order valence-electron chi connectivity index (χ4n) is 2.24. The first-order valence-electron chi connectivity index (χ1n) is 6.77. The molecule has 1 atom stereocenters. The van der Waals surface area contributed by atoms with Gasteiger partial charge in [0.15, 0.2) is 0 Å². The summed E-state index contributed by atoms with van der Waals surface area (Å²) < 4.78 is 0. The lowest BCUT2D eigenvalue weighted by atomic mass is 9.96. The minimum absolute atomic E-state index is 0.273. The van der Waals surface area contributed by atoms with Crippen molar-refractivity contribution in [2.24, 2.45) is 0 Å². The second-order valence-electron chi connectivity index (χ2n) is 5.38. The monoisotopic (exact) mass is 290 g/mol. The highest BCUT2D eigenvalue weighted by atomic mass is 16.4. The maximum absolute atomic E-state index is 11.8. The van der Waals surface area contributed by atoms with E-state index in [4.69, 9.17) is 0 Å². The molecule has 1 fully saturated rings. The number of amides is 2. The summed E-state index contributed by atoms with van der Waals surface area (Å²) in [6.07, 6.45) is 1.29. The number of aliphatic carboxylic acids is 1. The minimum atomic E-state index is -0.807. The van der Waals surface area contributed by atoms with Gasteiger partial charge in [-0.2, -0.15) is 0 Å². The number of benzene rings is 1. The summed E-state index contributed by atoms with van der Waals surface area (Å²) in [5.41, 5.74) is 0.580. The van der Waals surface area contributed by atoms with Crippen LogP contribution in [-0.2, 0) is 19.8 Å². The third kappa shape index (κ3) is 3.21. The van der Waals surface area contributed by atoms with Crippen LogP contribution in [0.15, 0.2) is 24.3 Å². The Kier molecular flexibility index (Phi) is 3.97. The molecule has 1 saturated carbocycles. The fourth-order valence-corrected chi connectivity index (χ4v) is 2.24. The van der Waals surface area contributed by atoms with Crippen molar-refractivity contribution in [1.29, 1.82) is 0 Å². The third-order valence-corrected chi connectivity index (χ3v) is 3.68. The van der Waals surface area contributed by atoms with Gasteiger partial charge in [0, 0.05) is 12.6 Å². The predicted molar refractivity (Wildman–Crippen MR) is 76.9 cm³/mol. The maximum atomic E-state index is 11.8. The van der Waals surface area contributed by atoms with Crippen molar-refractivity contribution in [3.05, 3.63) is 29.8 Å². The molecule has 0 aromatic heterocycles. The molecule has 21 heavy (non-hydrogen) atoms. The molecule has 0 spiro atoms. The molecule has 3 N–H and O–H groups in total. The second-order valence-corrected chi connectivity index (χ2v) is 5.38. The Morgan fingerprint density at radius 2 is 1.76 bits per heavy atom. The van der Waals surface area contributed by atoms with Crippen molar-refractivity contribution >= 4 is 23.5 Å². The van der Waals surface area contributed by atoms with Gasteiger partial charge in [-0.1, -0.05) is 12.1 Å². The lowest BCUT2D eigenvalue weighted by molar-refractivity contribution is -0.140. The van der Waals surface area contributed by atoms with E-state index in [1.54, 1.807) is 31.2 Å². The molecule has 0 bridgehead atoms. The van der Waals surface area contributed by atoms with E-state index in [1.165, 1.54) is 6.92 Å². The fraction of sp³-hybridized carbons (Fsp3) is 0.400. The number of hydrogen-bond acceptors (Lipinski definition) is 3. The number of hydrogen-bond donors (Lipinski definition) is 3. The lowest BCUT2D eigenvalue weighted by Crippen LogP contribution is -2.40. The first-order valence-corrected chi connectivity index (χ1v) is 6.77. The van der Waals surface area contributed by atoms with Crippen LogP contribution < -0.4 is 10.6 Å². The lowest BCUT2D eigenvalue weighted by Gasteiger charge is -2.14. The number of carbonyl (C=O) groups is 3. The average molecular weight is 290 g/mol.